The maximum absolute atomic E-state index is 11.7. The fourth-order valence-electron chi connectivity index (χ4n) is 1.65. The summed E-state index contributed by atoms with van der Waals surface area (Å²) in [5, 5.41) is 2.52. The Morgan fingerprint density at radius 3 is 2.32 bits per heavy atom. The Kier molecular flexibility index (Phi) is 5.27. The molecule has 5 nitrogen and oxygen atoms in total. The van der Waals surface area contributed by atoms with Crippen LogP contribution in [-0.4, -0.2) is 24.4 Å². The van der Waals surface area contributed by atoms with Gasteiger partial charge in [0.1, 0.15) is 0 Å². The molecule has 0 aromatic heterocycles. The lowest BCUT2D eigenvalue weighted by Crippen LogP contribution is -2.34. The van der Waals surface area contributed by atoms with Crippen LogP contribution in [0.25, 0.3) is 0 Å². The van der Waals surface area contributed by atoms with Crippen molar-refractivity contribution in [3.8, 4) is 0 Å². The lowest BCUT2D eigenvalue weighted by atomic mass is 10.2. The molecule has 0 aliphatic heterocycles. The Morgan fingerprint density at radius 2 is 1.64 bits per heavy atom. The van der Waals surface area contributed by atoms with Crippen molar-refractivity contribution in [2.24, 2.45) is 0 Å². The molecule has 0 heterocycles. The van der Waals surface area contributed by atoms with Crippen LogP contribution >= 0.6 is 11.6 Å². The molecule has 2 rings (SSSR count). The van der Waals surface area contributed by atoms with Crippen LogP contribution in [-0.2, 0) is 9.53 Å². The molecule has 0 radical (unpaired) electrons. The third-order valence-corrected chi connectivity index (χ3v) is 2.92. The van der Waals surface area contributed by atoms with Gasteiger partial charge in [-0.1, -0.05) is 35.9 Å². The molecule has 1 N–H and O–H groups in total. The summed E-state index contributed by atoms with van der Waals surface area (Å²) in [5.41, 5.74) is 0.576. The summed E-state index contributed by atoms with van der Waals surface area (Å²) in [6, 6.07) is 14.4. The quantitative estimate of drug-likeness (QED) is 0.879. The average molecular weight is 318 g/mol. The van der Waals surface area contributed by atoms with Crippen LogP contribution in [0, 0.1) is 0 Å². The van der Waals surface area contributed by atoms with Crippen molar-refractivity contribution in [3.63, 3.8) is 0 Å². The van der Waals surface area contributed by atoms with E-state index in [4.69, 9.17) is 16.3 Å². The molecule has 0 fully saturated rings. The minimum Gasteiger partial charge on any atom is -0.452 e. The number of hydrogen-bond donors (Lipinski definition) is 1. The number of amides is 2. The molecule has 2 amide bonds. The Labute approximate surface area is 131 Å². The number of nitrogens with one attached hydrogen (secondary N) is 1. The first kappa shape index (κ1) is 15.7. The second-order valence-corrected chi connectivity index (χ2v) is 4.77. The highest BCUT2D eigenvalue weighted by molar-refractivity contribution is 6.30. The third-order valence-electron chi connectivity index (χ3n) is 2.68. The van der Waals surface area contributed by atoms with E-state index >= 15 is 0 Å². The highest BCUT2D eigenvalue weighted by atomic mass is 35.5. The van der Waals surface area contributed by atoms with Crippen molar-refractivity contribution in [2.45, 2.75) is 0 Å². The molecule has 2 aromatic carbocycles. The number of imide groups is 1. The average Bonchev–Trinajstić information content (AvgIpc) is 2.53. The Bertz CT molecular complexity index is 700. The molecule has 2 aromatic rings. The van der Waals surface area contributed by atoms with Crippen molar-refractivity contribution < 1.29 is 19.1 Å². The van der Waals surface area contributed by atoms with E-state index in [1.807, 2.05) is 0 Å². The predicted molar refractivity (Wildman–Crippen MR) is 80.6 cm³/mol. The highest BCUT2D eigenvalue weighted by Crippen LogP contribution is 2.11. The van der Waals surface area contributed by atoms with E-state index in [0.717, 1.165) is 0 Å². The molecule has 112 valence electrons. The van der Waals surface area contributed by atoms with Crippen molar-refractivity contribution in [1.29, 1.82) is 0 Å². The number of carbonyl (C=O) groups is 3. The van der Waals surface area contributed by atoms with Crippen LogP contribution in [0.4, 0.5) is 0 Å². The van der Waals surface area contributed by atoms with E-state index in [2.05, 4.69) is 5.32 Å². The summed E-state index contributed by atoms with van der Waals surface area (Å²) in [7, 11) is 0. The highest BCUT2D eigenvalue weighted by Gasteiger charge is 2.13. The molecule has 0 aliphatic carbocycles. The number of ether oxygens (including phenoxy) is 1. The second-order valence-electron chi connectivity index (χ2n) is 4.33. The molecular weight excluding hydrogens is 306 g/mol. The van der Waals surface area contributed by atoms with Gasteiger partial charge in [-0.2, -0.15) is 0 Å². The van der Waals surface area contributed by atoms with Gasteiger partial charge in [0, 0.05) is 10.6 Å². The van der Waals surface area contributed by atoms with Gasteiger partial charge < -0.3 is 4.74 Å². The van der Waals surface area contributed by atoms with Gasteiger partial charge in [0.2, 0.25) is 0 Å². The molecule has 0 spiro atoms. The summed E-state index contributed by atoms with van der Waals surface area (Å²) < 4.78 is 4.82. The molecular formula is C16H12ClNO4. The molecule has 6 heteroatoms. The van der Waals surface area contributed by atoms with Crippen molar-refractivity contribution in [3.05, 3.63) is 70.7 Å². The molecule has 0 aliphatic rings. The minimum atomic E-state index is -0.704. The summed E-state index contributed by atoms with van der Waals surface area (Å²) in [4.78, 5) is 35.0. The van der Waals surface area contributed by atoms with E-state index in [1.165, 1.54) is 12.1 Å². The van der Waals surface area contributed by atoms with Crippen LogP contribution in [0.2, 0.25) is 5.02 Å². The zero-order chi connectivity index (χ0) is 15.9. The van der Waals surface area contributed by atoms with E-state index in [-0.39, 0.29) is 5.56 Å². The Hall–Kier alpha value is -2.66. The Morgan fingerprint density at radius 1 is 0.955 bits per heavy atom. The molecule has 0 atom stereocenters. The fraction of sp³-hybridized carbons (Fsp3) is 0.0625. The van der Waals surface area contributed by atoms with Crippen LogP contribution < -0.4 is 5.32 Å². The summed E-state index contributed by atoms with van der Waals surface area (Å²) in [5.74, 6) is -1.95. The van der Waals surface area contributed by atoms with Gasteiger partial charge in [0.25, 0.3) is 11.8 Å². The topological polar surface area (TPSA) is 72.5 Å². The zero-order valence-electron chi connectivity index (χ0n) is 11.4. The van der Waals surface area contributed by atoms with Gasteiger partial charge in [-0.3, -0.25) is 14.9 Å². The first-order valence-electron chi connectivity index (χ1n) is 6.38. The largest absolute Gasteiger partial charge is 0.452 e. The summed E-state index contributed by atoms with van der Waals surface area (Å²) in [6.45, 7) is -0.552. The number of esters is 1. The molecule has 22 heavy (non-hydrogen) atoms. The third kappa shape index (κ3) is 4.43. The van der Waals surface area contributed by atoms with Gasteiger partial charge in [0.15, 0.2) is 6.61 Å². The van der Waals surface area contributed by atoms with Gasteiger partial charge >= 0.3 is 5.97 Å². The summed E-state index contributed by atoms with van der Waals surface area (Å²) >= 11 is 5.76. The van der Waals surface area contributed by atoms with E-state index in [0.29, 0.717) is 10.6 Å². The lowest BCUT2D eigenvalue weighted by Gasteiger charge is -2.06. The Balaban J connectivity index is 1.85. The smallest absolute Gasteiger partial charge is 0.338 e. The van der Waals surface area contributed by atoms with Crippen molar-refractivity contribution in [2.75, 3.05) is 6.61 Å². The predicted octanol–water partition coefficient (Wildman–Crippen LogP) is 2.45. The van der Waals surface area contributed by atoms with Crippen LogP contribution in [0.15, 0.2) is 54.6 Å². The maximum atomic E-state index is 11.7. The second kappa shape index (κ2) is 7.38. The van der Waals surface area contributed by atoms with Gasteiger partial charge in [-0.05, 0) is 30.3 Å². The molecule has 0 bridgehead atoms. The molecule has 0 saturated heterocycles. The van der Waals surface area contributed by atoms with Crippen LogP contribution in [0.1, 0.15) is 20.7 Å². The minimum absolute atomic E-state index is 0.231. The van der Waals surface area contributed by atoms with E-state index in [9.17, 15) is 14.4 Å². The number of benzene rings is 2. The monoisotopic (exact) mass is 317 g/mol. The first-order valence-corrected chi connectivity index (χ1v) is 6.76. The number of carbonyl (C=O) groups excluding carboxylic acids is 3. The van der Waals surface area contributed by atoms with E-state index < -0.39 is 24.4 Å². The SMILES string of the molecule is O=C(COC(=O)c1cccc(Cl)c1)NC(=O)c1ccccc1. The molecule has 0 unspecified atom stereocenters. The van der Waals surface area contributed by atoms with Crippen LogP contribution in [0.5, 0.6) is 0 Å². The van der Waals surface area contributed by atoms with Gasteiger partial charge in [-0.15, -0.1) is 0 Å². The maximum Gasteiger partial charge on any atom is 0.338 e. The summed E-state index contributed by atoms with van der Waals surface area (Å²) in [6.07, 6.45) is 0. The lowest BCUT2D eigenvalue weighted by molar-refractivity contribution is -0.123. The van der Waals surface area contributed by atoms with Crippen molar-refractivity contribution >= 4 is 29.4 Å². The number of halogens is 1. The standard InChI is InChI=1S/C16H12ClNO4/c17-13-8-4-7-12(9-13)16(21)22-10-14(19)18-15(20)11-5-2-1-3-6-11/h1-9H,10H2,(H,18,19,20). The zero-order valence-corrected chi connectivity index (χ0v) is 12.2. The number of hydrogen-bond acceptors (Lipinski definition) is 4. The van der Waals surface area contributed by atoms with Crippen molar-refractivity contribution in [1.82, 2.24) is 5.32 Å². The van der Waals surface area contributed by atoms with Gasteiger partial charge in [0.05, 0.1) is 5.56 Å². The number of rotatable bonds is 4. The van der Waals surface area contributed by atoms with E-state index in [1.54, 1.807) is 42.5 Å². The normalized spacial score (nSPS) is 9.86. The van der Waals surface area contributed by atoms with Crippen LogP contribution in [0.3, 0.4) is 0 Å². The molecule has 0 saturated carbocycles. The fourth-order valence-corrected chi connectivity index (χ4v) is 1.84. The first-order chi connectivity index (χ1) is 10.6. The van der Waals surface area contributed by atoms with Gasteiger partial charge in [-0.25, -0.2) is 4.79 Å².